The van der Waals surface area contributed by atoms with Gasteiger partial charge in [-0.3, -0.25) is 14.8 Å². The van der Waals surface area contributed by atoms with Crippen molar-refractivity contribution >= 4 is 38.1 Å². The molecule has 0 fully saturated rings. The number of para-hydroxylation sites is 2. The first-order valence-electron chi connectivity index (χ1n) is 7.77. The van der Waals surface area contributed by atoms with E-state index >= 15 is 0 Å². The standard InChI is InChI=1S/C17H16N4O4S2/c1-11-7-3-4-8-12(11)15(22)18-16-19-20-17(26-16)27(23,24)21-13-9-5-6-10-14(13)25-2/h3-10,21H,1-2H3,(H,18,19,22). The fourth-order valence-electron chi connectivity index (χ4n) is 2.28. The maximum atomic E-state index is 12.5. The number of ether oxygens (including phenoxy) is 1. The van der Waals surface area contributed by atoms with Gasteiger partial charge in [-0.25, -0.2) is 0 Å². The molecule has 0 spiro atoms. The molecule has 0 aliphatic carbocycles. The first-order valence-corrected chi connectivity index (χ1v) is 10.1. The first kappa shape index (κ1) is 18.8. The van der Waals surface area contributed by atoms with Gasteiger partial charge in [-0.1, -0.05) is 41.7 Å². The quantitative estimate of drug-likeness (QED) is 0.611. The number of benzene rings is 2. The van der Waals surface area contributed by atoms with Crippen LogP contribution in [0.15, 0.2) is 52.9 Å². The minimum absolute atomic E-state index is 0.0867. The lowest BCUT2D eigenvalue weighted by Gasteiger charge is -2.09. The molecule has 0 unspecified atom stereocenters. The normalized spacial score (nSPS) is 11.0. The summed E-state index contributed by atoms with van der Waals surface area (Å²) in [6.07, 6.45) is 0. The number of nitrogens with one attached hydrogen (secondary N) is 2. The Kier molecular flexibility index (Phi) is 5.38. The Balaban J connectivity index is 1.78. The van der Waals surface area contributed by atoms with Crippen molar-refractivity contribution in [2.45, 2.75) is 11.3 Å². The van der Waals surface area contributed by atoms with E-state index in [1.165, 1.54) is 7.11 Å². The highest BCUT2D eigenvalue weighted by Crippen LogP contribution is 2.28. The summed E-state index contributed by atoms with van der Waals surface area (Å²) in [7, 11) is -2.53. The number of amides is 1. The third-order valence-corrected chi connectivity index (χ3v) is 6.17. The predicted molar refractivity (Wildman–Crippen MR) is 103 cm³/mol. The van der Waals surface area contributed by atoms with Crippen molar-refractivity contribution in [2.75, 3.05) is 17.1 Å². The van der Waals surface area contributed by atoms with Gasteiger partial charge >= 0.3 is 0 Å². The number of hydrogen-bond donors (Lipinski definition) is 2. The number of carbonyl (C=O) groups excluding carboxylic acids is 1. The smallest absolute Gasteiger partial charge is 0.291 e. The summed E-state index contributed by atoms with van der Waals surface area (Å²) in [5.41, 5.74) is 1.55. The van der Waals surface area contributed by atoms with Crippen LogP contribution in [-0.2, 0) is 10.0 Å². The van der Waals surface area contributed by atoms with E-state index in [9.17, 15) is 13.2 Å². The monoisotopic (exact) mass is 404 g/mol. The van der Waals surface area contributed by atoms with Gasteiger partial charge < -0.3 is 4.74 Å². The number of aromatic nitrogens is 2. The van der Waals surface area contributed by atoms with Gasteiger partial charge in [-0.05, 0) is 30.7 Å². The molecule has 0 radical (unpaired) electrons. The number of nitrogens with zero attached hydrogens (tertiary/aromatic N) is 2. The Morgan fingerprint density at radius 2 is 1.78 bits per heavy atom. The molecule has 1 amide bonds. The number of anilines is 2. The molecule has 0 bridgehead atoms. The molecule has 2 aromatic carbocycles. The summed E-state index contributed by atoms with van der Waals surface area (Å²) in [5, 5.41) is 10.1. The van der Waals surface area contributed by atoms with E-state index in [0.717, 1.165) is 16.9 Å². The first-order chi connectivity index (χ1) is 12.9. The largest absolute Gasteiger partial charge is 0.495 e. The minimum Gasteiger partial charge on any atom is -0.495 e. The van der Waals surface area contributed by atoms with Gasteiger partial charge in [0, 0.05) is 5.56 Å². The molecule has 1 aromatic heterocycles. The van der Waals surface area contributed by atoms with E-state index in [-0.39, 0.29) is 21.1 Å². The van der Waals surface area contributed by atoms with Gasteiger partial charge in [-0.2, -0.15) is 8.42 Å². The molecule has 0 saturated carbocycles. The molecule has 3 aromatic rings. The summed E-state index contributed by atoms with van der Waals surface area (Å²) in [5.74, 6) is -0.00967. The number of methoxy groups -OCH3 is 1. The van der Waals surface area contributed by atoms with Crippen LogP contribution in [0.1, 0.15) is 15.9 Å². The van der Waals surface area contributed by atoms with Crippen LogP contribution in [-0.4, -0.2) is 31.6 Å². The fourth-order valence-corrected chi connectivity index (χ4v) is 4.25. The van der Waals surface area contributed by atoms with Crippen molar-refractivity contribution in [3.8, 4) is 5.75 Å². The van der Waals surface area contributed by atoms with Crippen molar-refractivity contribution in [1.82, 2.24) is 10.2 Å². The molecule has 140 valence electrons. The van der Waals surface area contributed by atoms with Crippen molar-refractivity contribution in [3.05, 3.63) is 59.7 Å². The molecule has 27 heavy (non-hydrogen) atoms. The maximum absolute atomic E-state index is 12.5. The van der Waals surface area contributed by atoms with Crippen LogP contribution in [0.4, 0.5) is 10.8 Å². The van der Waals surface area contributed by atoms with Crippen molar-refractivity contribution < 1.29 is 17.9 Å². The lowest BCUT2D eigenvalue weighted by molar-refractivity contribution is 0.102. The summed E-state index contributed by atoms with van der Waals surface area (Å²) >= 11 is 0.756. The highest BCUT2D eigenvalue weighted by molar-refractivity contribution is 7.94. The van der Waals surface area contributed by atoms with E-state index in [1.54, 1.807) is 36.4 Å². The molecule has 3 rings (SSSR count). The van der Waals surface area contributed by atoms with Gasteiger partial charge in [0.1, 0.15) is 5.75 Å². The van der Waals surface area contributed by atoms with E-state index in [4.69, 9.17) is 4.74 Å². The number of aryl methyl sites for hydroxylation is 1. The zero-order valence-corrected chi connectivity index (χ0v) is 16.1. The number of hydrogen-bond acceptors (Lipinski definition) is 7. The summed E-state index contributed by atoms with van der Waals surface area (Å²) in [6, 6.07) is 13.6. The molecule has 0 saturated heterocycles. The van der Waals surface area contributed by atoms with Crippen LogP contribution < -0.4 is 14.8 Å². The molecule has 0 aliphatic rings. The topological polar surface area (TPSA) is 110 Å². The molecule has 1 heterocycles. The van der Waals surface area contributed by atoms with Crippen LogP contribution in [0.25, 0.3) is 0 Å². The Morgan fingerprint density at radius 3 is 2.52 bits per heavy atom. The third-order valence-electron chi connectivity index (χ3n) is 3.60. The second-order valence-electron chi connectivity index (χ2n) is 5.45. The van der Waals surface area contributed by atoms with E-state index in [1.807, 2.05) is 19.1 Å². The summed E-state index contributed by atoms with van der Waals surface area (Å²) < 4.78 is 32.3. The zero-order chi connectivity index (χ0) is 19.4. The highest BCUT2D eigenvalue weighted by Gasteiger charge is 2.22. The van der Waals surface area contributed by atoms with Crippen LogP contribution in [0.5, 0.6) is 5.75 Å². The molecule has 0 atom stereocenters. The average Bonchev–Trinajstić information content (AvgIpc) is 3.11. The van der Waals surface area contributed by atoms with E-state index < -0.39 is 10.0 Å². The average molecular weight is 404 g/mol. The molecule has 2 N–H and O–H groups in total. The van der Waals surface area contributed by atoms with Crippen LogP contribution in [0.2, 0.25) is 0 Å². The van der Waals surface area contributed by atoms with Crippen LogP contribution >= 0.6 is 11.3 Å². The zero-order valence-electron chi connectivity index (χ0n) is 14.5. The SMILES string of the molecule is COc1ccccc1NS(=O)(=O)c1nnc(NC(=O)c2ccccc2C)s1. The second-order valence-corrected chi connectivity index (χ2v) is 8.28. The maximum Gasteiger partial charge on any atom is 0.291 e. The van der Waals surface area contributed by atoms with Gasteiger partial charge in [0.05, 0.1) is 12.8 Å². The highest BCUT2D eigenvalue weighted by atomic mass is 32.2. The van der Waals surface area contributed by atoms with Crippen LogP contribution in [0, 0.1) is 6.92 Å². The van der Waals surface area contributed by atoms with Gasteiger partial charge in [0.2, 0.25) is 5.13 Å². The van der Waals surface area contributed by atoms with Crippen molar-refractivity contribution in [1.29, 1.82) is 0 Å². The number of carbonyl (C=O) groups is 1. The van der Waals surface area contributed by atoms with Gasteiger partial charge in [-0.15, -0.1) is 10.2 Å². The van der Waals surface area contributed by atoms with Crippen molar-refractivity contribution in [2.24, 2.45) is 0 Å². The van der Waals surface area contributed by atoms with E-state index in [2.05, 4.69) is 20.2 Å². The third kappa shape index (κ3) is 4.23. The Hall–Kier alpha value is -2.98. The summed E-state index contributed by atoms with van der Waals surface area (Å²) in [6.45, 7) is 1.81. The lowest BCUT2D eigenvalue weighted by atomic mass is 10.1. The molecule has 10 heteroatoms. The molecular weight excluding hydrogens is 388 g/mol. The van der Waals surface area contributed by atoms with Crippen molar-refractivity contribution in [3.63, 3.8) is 0 Å². The summed E-state index contributed by atoms with van der Waals surface area (Å²) in [4.78, 5) is 12.3. The molecular formula is C17H16N4O4S2. The predicted octanol–water partition coefficient (Wildman–Crippen LogP) is 2.91. The second kappa shape index (κ2) is 7.72. The molecule has 8 nitrogen and oxygen atoms in total. The fraction of sp³-hybridized carbons (Fsp3) is 0.118. The lowest BCUT2D eigenvalue weighted by Crippen LogP contribution is -2.13. The van der Waals surface area contributed by atoms with Gasteiger partial charge in [0.25, 0.3) is 20.3 Å². The Bertz CT molecular complexity index is 1080. The molecule has 0 aliphatic heterocycles. The minimum atomic E-state index is -3.97. The van der Waals surface area contributed by atoms with Gasteiger partial charge in [0.15, 0.2) is 0 Å². The number of rotatable bonds is 6. The van der Waals surface area contributed by atoms with E-state index in [0.29, 0.717) is 11.3 Å². The Labute approximate surface area is 160 Å². The number of sulfonamides is 1. The Morgan fingerprint density at radius 1 is 1.07 bits per heavy atom. The van der Waals surface area contributed by atoms with Crippen LogP contribution in [0.3, 0.4) is 0 Å².